The van der Waals surface area contributed by atoms with Crippen molar-refractivity contribution in [1.82, 2.24) is 9.80 Å². The summed E-state index contributed by atoms with van der Waals surface area (Å²) in [6, 6.07) is 5.05. The van der Waals surface area contributed by atoms with E-state index in [-0.39, 0.29) is 11.3 Å². The summed E-state index contributed by atoms with van der Waals surface area (Å²) in [5.74, 6) is -1.22. The molecule has 136 valence electrons. The SMILES string of the molecule is COC(=O)C1CSC2CCCC(N3C(=O)c4ccccc4C3=O)C(=O)N21. The third-order valence-corrected chi connectivity index (χ3v) is 6.53. The van der Waals surface area contributed by atoms with E-state index in [1.807, 2.05) is 0 Å². The van der Waals surface area contributed by atoms with Crippen LogP contribution in [-0.2, 0) is 14.3 Å². The van der Waals surface area contributed by atoms with Gasteiger partial charge < -0.3 is 9.64 Å². The van der Waals surface area contributed by atoms with Crippen LogP contribution in [0, 0.1) is 0 Å². The number of nitrogens with zero attached hydrogens (tertiary/aromatic N) is 2. The second-order valence-corrected chi connectivity index (χ2v) is 7.76. The largest absolute Gasteiger partial charge is 0.467 e. The lowest BCUT2D eigenvalue weighted by atomic mass is 10.1. The number of carbonyl (C=O) groups is 4. The molecule has 3 unspecified atom stereocenters. The third-order valence-electron chi connectivity index (χ3n) is 5.17. The number of carbonyl (C=O) groups excluding carboxylic acids is 4. The zero-order chi connectivity index (χ0) is 18.4. The van der Waals surface area contributed by atoms with Crippen LogP contribution in [0.5, 0.6) is 0 Å². The summed E-state index contributed by atoms with van der Waals surface area (Å²) in [5.41, 5.74) is 0.651. The number of amides is 3. The number of ether oxygens (including phenoxy) is 1. The summed E-state index contributed by atoms with van der Waals surface area (Å²) in [5, 5.41) is -0.119. The highest BCUT2D eigenvalue weighted by molar-refractivity contribution is 8.00. The van der Waals surface area contributed by atoms with Gasteiger partial charge in [-0.05, 0) is 31.4 Å². The van der Waals surface area contributed by atoms with Gasteiger partial charge in [-0.1, -0.05) is 12.1 Å². The molecular weight excluding hydrogens is 356 g/mol. The molecule has 0 radical (unpaired) electrons. The Morgan fingerprint density at radius 2 is 1.77 bits per heavy atom. The molecule has 0 aromatic heterocycles. The van der Waals surface area contributed by atoms with Crippen molar-refractivity contribution in [1.29, 1.82) is 0 Å². The Morgan fingerprint density at radius 3 is 2.38 bits per heavy atom. The predicted molar refractivity (Wildman–Crippen MR) is 93.5 cm³/mol. The fourth-order valence-corrected chi connectivity index (χ4v) is 5.36. The maximum atomic E-state index is 13.2. The smallest absolute Gasteiger partial charge is 0.329 e. The number of thioether (sulfide) groups is 1. The van der Waals surface area contributed by atoms with Crippen molar-refractivity contribution in [3.8, 4) is 0 Å². The van der Waals surface area contributed by atoms with Crippen LogP contribution in [0.4, 0.5) is 0 Å². The zero-order valence-electron chi connectivity index (χ0n) is 14.2. The van der Waals surface area contributed by atoms with Crippen LogP contribution in [0.3, 0.4) is 0 Å². The van der Waals surface area contributed by atoms with E-state index in [1.165, 1.54) is 12.0 Å². The molecule has 0 N–H and O–H groups in total. The van der Waals surface area contributed by atoms with Gasteiger partial charge in [0.05, 0.1) is 23.6 Å². The van der Waals surface area contributed by atoms with Crippen LogP contribution in [0.15, 0.2) is 24.3 Å². The average molecular weight is 374 g/mol. The Labute approximate surface area is 154 Å². The van der Waals surface area contributed by atoms with Gasteiger partial charge in [-0.3, -0.25) is 19.3 Å². The first-order chi connectivity index (χ1) is 12.5. The first kappa shape index (κ1) is 17.1. The van der Waals surface area contributed by atoms with E-state index in [0.717, 1.165) is 11.3 Å². The maximum Gasteiger partial charge on any atom is 0.329 e. The highest BCUT2D eigenvalue weighted by Crippen LogP contribution is 2.38. The number of esters is 1. The number of hydrogen-bond acceptors (Lipinski definition) is 6. The van der Waals surface area contributed by atoms with Crippen LogP contribution >= 0.6 is 11.8 Å². The first-order valence-corrected chi connectivity index (χ1v) is 9.58. The van der Waals surface area contributed by atoms with E-state index in [0.29, 0.717) is 29.7 Å². The Morgan fingerprint density at radius 1 is 1.12 bits per heavy atom. The molecule has 0 bridgehead atoms. The monoisotopic (exact) mass is 374 g/mol. The van der Waals surface area contributed by atoms with Gasteiger partial charge in [0, 0.05) is 5.75 Å². The third kappa shape index (κ3) is 2.43. The van der Waals surface area contributed by atoms with Crippen molar-refractivity contribution in [2.24, 2.45) is 0 Å². The minimum atomic E-state index is -0.877. The van der Waals surface area contributed by atoms with Crippen molar-refractivity contribution in [3.63, 3.8) is 0 Å². The van der Waals surface area contributed by atoms with E-state index >= 15 is 0 Å². The lowest BCUT2D eigenvalue weighted by Gasteiger charge is -2.31. The Bertz CT molecular complexity index is 776. The number of fused-ring (bicyclic) bond motifs is 2. The molecule has 3 aliphatic heterocycles. The predicted octanol–water partition coefficient (Wildman–Crippen LogP) is 1.28. The van der Waals surface area contributed by atoms with Gasteiger partial charge in [0.25, 0.3) is 11.8 Å². The molecule has 0 spiro atoms. The number of methoxy groups -OCH3 is 1. The Balaban J connectivity index is 1.67. The van der Waals surface area contributed by atoms with Crippen molar-refractivity contribution < 1.29 is 23.9 Å². The highest BCUT2D eigenvalue weighted by atomic mass is 32.2. The van der Waals surface area contributed by atoms with E-state index in [2.05, 4.69) is 0 Å². The second kappa shape index (κ2) is 6.42. The standard InChI is InChI=1S/C18H18N2O5S/c1-25-18(24)13-9-26-14-8-4-7-12(17(23)19(13)14)20-15(21)10-5-2-3-6-11(10)16(20)22/h2-3,5-6,12-14H,4,7-9H2,1H3. The molecule has 3 aliphatic rings. The maximum absolute atomic E-state index is 13.2. The number of hydrogen-bond donors (Lipinski definition) is 0. The Hall–Kier alpha value is -2.35. The van der Waals surface area contributed by atoms with Gasteiger partial charge in [-0.15, -0.1) is 11.8 Å². The summed E-state index contributed by atoms with van der Waals surface area (Å²) in [6.07, 6.45) is 1.83. The van der Waals surface area contributed by atoms with E-state index in [9.17, 15) is 19.2 Å². The zero-order valence-corrected chi connectivity index (χ0v) is 15.0. The van der Waals surface area contributed by atoms with Crippen molar-refractivity contribution in [2.75, 3.05) is 12.9 Å². The molecule has 3 atom stereocenters. The minimum absolute atomic E-state index is 0.119. The molecule has 1 aromatic carbocycles. The quantitative estimate of drug-likeness (QED) is 0.573. The molecule has 3 heterocycles. The first-order valence-electron chi connectivity index (χ1n) is 8.53. The molecule has 26 heavy (non-hydrogen) atoms. The van der Waals surface area contributed by atoms with Gasteiger partial charge >= 0.3 is 5.97 Å². The minimum Gasteiger partial charge on any atom is -0.467 e. The molecule has 0 saturated carbocycles. The summed E-state index contributed by atoms with van der Waals surface area (Å²) in [6.45, 7) is 0. The highest BCUT2D eigenvalue weighted by Gasteiger charge is 2.50. The lowest BCUT2D eigenvalue weighted by molar-refractivity contribution is -0.152. The van der Waals surface area contributed by atoms with Crippen LogP contribution in [0.2, 0.25) is 0 Å². The van der Waals surface area contributed by atoms with Gasteiger partial charge in [0.15, 0.2) is 0 Å². The average Bonchev–Trinajstić information content (AvgIpc) is 3.13. The molecule has 7 nitrogen and oxygen atoms in total. The summed E-state index contributed by atoms with van der Waals surface area (Å²) < 4.78 is 4.83. The molecule has 3 amide bonds. The number of rotatable bonds is 2. The second-order valence-electron chi connectivity index (χ2n) is 6.55. The van der Waals surface area contributed by atoms with Crippen LogP contribution < -0.4 is 0 Å². The molecule has 2 saturated heterocycles. The molecule has 4 rings (SSSR count). The molecule has 2 fully saturated rings. The number of benzene rings is 1. The lowest BCUT2D eigenvalue weighted by Crippen LogP contribution is -2.54. The summed E-state index contributed by atoms with van der Waals surface area (Å²) in [4.78, 5) is 53.5. The normalized spacial score (nSPS) is 28.0. The fourth-order valence-electron chi connectivity index (χ4n) is 3.91. The van der Waals surface area contributed by atoms with Crippen molar-refractivity contribution >= 4 is 35.5 Å². The number of imide groups is 1. The Kier molecular flexibility index (Phi) is 4.22. The van der Waals surface area contributed by atoms with E-state index in [1.54, 1.807) is 36.0 Å². The molecule has 0 aliphatic carbocycles. The van der Waals surface area contributed by atoms with E-state index in [4.69, 9.17) is 4.74 Å². The van der Waals surface area contributed by atoms with Gasteiger partial charge in [-0.25, -0.2) is 4.79 Å². The van der Waals surface area contributed by atoms with Crippen LogP contribution in [-0.4, -0.2) is 63.8 Å². The fraction of sp³-hybridized carbons (Fsp3) is 0.444. The molecule has 1 aromatic rings. The molecular formula is C18H18N2O5S. The van der Waals surface area contributed by atoms with Crippen LogP contribution in [0.1, 0.15) is 40.0 Å². The summed E-state index contributed by atoms with van der Waals surface area (Å²) >= 11 is 1.54. The van der Waals surface area contributed by atoms with E-state index < -0.39 is 29.9 Å². The molecule has 8 heteroatoms. The van der Waals surface area contributed by atoms with Crippen molar-refractivity contribution in [2.45, 2.75) is 36.7 Å². The van der Waals surface area contributed by atoms with Gasteiger partial charge in [0.1, 0.15) is 12.1 Å². The van der Waals surface area contributed by atoms with Crippen LogP contribution in [0.25, 0.3) is 0 Å². The van der Waals surface area contributed by atoms with Gasteiger partial charge in [0.2, 0.25) is 5.91 Å². The topological polar surface area (TPSA) is 84.0 Å². The van der Waals surface area contributed by atoms with Crippen molar-refractivity contribution in [3.05, 3.63) is 35.4 Å². The van der Waals surface area contributed by atoms with Gasteiger partial charge in [-0.2, -0.15) is 0 Å². The summed E-state index contributed by atoms with van der Waals surface area (Å²) in [7, 11) is 1.30.